The van der Waals surface area contributed by atoms with Crippen LogP contribution in [-0.4, -0.2) is 30.0 Å². The van der Waals surface area contributed by atoms with E-state index in [0.29, 0.717) is 16.0 Å². The van der Waals surface area contributed by atoms with Gasteiger partial charge >= 0.3 is 0 Å². The standard InChI is InChI=1S/C11H15BrO4/c1-7(14)6-16-11-9(12)3-8(5-13)4-10(11)15-2/h3-4,7,13-14H,5-6H2,1-2H3. The molecule has 0 spiro atoms. The number of hydrogen-bond donors (Lipinski definition) is 2. The largest absolute Gasteiger partial charge is 0.493 e. The van der Waals surface area contributed by atoms with E-state index in [-0.39, 0.29) is 13.2 Å². The summed E-state index contributed by atoms with van der Waals surface area (Å²) in [7, 11) is 1.53. The first kappa shape index (κ1) is 13.3. The Kier molecular flexibility index (Phi) is 5.05. The highest BCUT2D eigenvalue weighted by Gasteiger charge is 2.12. The number of benzene rings is 1. The molecule has 0 aliphatic carbocycles. The van der Waals surface area contributed by atoms with E-state index in [1.807, 2.05) is 0 Å². The molecule has 0 saturated heterocycles. The van der Waals surface area contributed by atoms with Gasteiger partial charge in [-0.15, -0.1) is 0 Å². The van der Waals surface area contributed by atoms with E-state index >= 15 is 0 Å². The van der Waals surface area contributed by atoms with Crippen LogP contribution in [0.5, 0.6) is 11.5 Å². The minimum atomic E-state index is -0.547. The van der Waals surface area contributed by atoms with Crippen molar-refractivity contribution in [1.82, 2.24) is 0 Å². The van der Waals surface area contributed by atoms with Crippen LogP contribution in [0.25, 0.3) is 0 Å². The second-order valence-corrected chi connectivity index (χ2v) is 4.28. The molecule has 1 atom stereocenters. The van der Waals surface area contributed by atoms with Crippen molar-refractivity contribution in [2.45, 2.75) is 19.6 Å². The fraction of sp³-hybridized carbons (Fsp3) is 0.455. The van der Waals surface area contributed by atoms with Gasteiger partial charge in [0.05, 0.1) is 24.3 Å². The van der Waals surface area contributed by atoms with Gasteiger partial charge in [0, 0.05) is 0 Å². The summed E-state index contributed by atoms with van der Waals surface area (Å²) >= 11 is 3.33. The minimum absolute atomic E-state index is 0.0638. The molecule has 1 aromatic rings. The van der Waals surface area contributed by atoms with E-state index < -0.39 is 6.10 Å². The van der Waals surface area contributed by atoms with Gasteiger partial charge in [0.25, 0.3) is 0 Å². The molecule has 5 heteroatoms. The molecule has 0 aromatic heterocycles. The van der Waals surface area contributed by atoms with Crippen molar-refractivity contribution < 1.29 is 19.7 Å². The Bertz CT molecular complexity index is 352. The number of rotatable bonds is 5. The SMILES string of the molecule is COc1cc(CO)cc(Br)c1OCC(C)O. The van der Waals surface area contributed by atoms with Crippen LogP contribution in [0.3, 0.4) is 0 Å². The number of ether oxygens (including phenoxy) is 2. The van der Waals surface area contributed by atoms with Gasteiger partial charge in [0.1, 0.15) is 6.61 Å². The Morgan fingerprint density at radius 3 is 2.62 bits per heavy atom. The monoisotopic (exact) mass is 290 g/mol. The van der Waals surface area contributed by atoms with Crippen LogP contribution in [0.1, 0.15) is 12.5 Å². The predicted molar refractivity (Wildman–Crippen MR) is 63.8 cm³/mol. The van der Waals surface area contributed by atoms with Gasteiger partial charge in [-0.2, -0.15) is 0 Å². The highest BCUT2D eigenvalue weighted by Crippen LogP contribution is 2.36. The molecule has 4 nitrogen and oxygen atoms in total. The van der Waals surface area contributed by atoms with Gasteiger partial charge < -0.3 is 19.7 Å². The van der Waals surface area contributed by atoms with Gasteiger partial charge in [-0.05, 0) is 40.5 Å². The molecule has 1 aromatic carbocycles. The van der Waals surface area contributed by atoms with E-state index in [0.717, 1.165) is 5.56 Å². The Morgan fingerprint density at radius 2 is 2.12 bits per heavy atom. The molecule has 1 rings (SSSR count). The fourth-order valence-corrected chi connectivity index (χ4v) is 1.81. The average Bonchev–Trinajstić information content (AvgIpc) is 2.26. The van der Waals surface area contributed by atoms with Crippen molar-refractivity contribution in [2.75, 3.05) is 13.7 Å². The Morgan fingerprint density at radius 1 is 1.44 bits per heavy atom. The quantitative estimate of drug-likeness (QED) is 0.867. The summed E-state index contributed by atoms with van der Waals surface area (Å²) in [6.07, 6.45) is -0.547. The number of aliphatic hydroxyl groups excluding tert-OH is 2. The summed E-state index contributed by atoms with van der Waals surface area (Å²) < 4.78 is 11.3. The van der Waals surface area contributed by atoms with Crippen LogP contribution >= 0.6 is 15.9 Å². The normalized spacial score (nSPS) is 12.3. The van der Waals surface area contributed by atoms with Gasteiger partial charge in [-0.3, -0.25) is 0 Å². The summed E-state index contributed by atoms with van der Waals surface area (Å²) in [6, 6.07) is 3.45. The van der Waals surface area contributed by atoms with Gasteiger partial charge in [0.15, 0.2) is 11.5 Å². The molecule has 90 valence electrons. The number of methoxy groups -OCH3 is 1. The third-order valence-corrected chi connectivity index (χ3v) is 2.53. The summed E-state index contributed by atoms with van der Waals surface area (Å²) in [5.41, 5.74) is 0.730. The van der Waals surface area contributed by atoms with Crippen molar-refractivity contribution in [2.24, 2.45) is 0 Å². The average molecular weight is 291 g/mol. The lowest BCUT2D eigenvalue weighted by atomic mass is 10.2. The van der Waals surface area contributed by atoms with Gasteiger partial charge in [-0.25, -0.2) is 0 Å². The first-order chi connectivity index (χ1) is 7.58. The summed E-state index contributed by atoms with van der Waals surface area (Å²) in [6.45, 7) is 1.77. The predicted octanol–water partition coefficient (Wildman–Crippen LogP) is 1.71. The number of halogens is 1. The van der Waals surface area contributed by atoms with Crippen molar-refractivity contribution >= 4 is 15.9 Å². The third-order valence-electron chi connectivity index (χ3n) is 1.94. The van der Waals surface area contributed by atoms with Gasteiger partial charge in [-0.1, -0.05) is 0 Å². The van der Waals surface area contributed by atoms with Crippen molar-refractivity contribution in [3.8, 4) is 11.5 Å². The van der Waals surface area contributed by atoms with E-state index in [9.17, 15) is 0 Å². The van der Waals surface area contributed by atoms with E-state index in [4.69, 9.17) is 19.7 Å². The molecule has 0 bridgehead atoms. The fourth-order valence-electron chi connectivity index (χ4n) is 1.21. The van der Waals surface area contributed by atoms with Crippen LogP contribution in [0.15, 0.2) is 16.6 Å². The van der Waals surface area contributed by atoms with E-state index in [1.165, 1.54) is 7.11 Å². The molecule has 0 aliphatic rings. The first-order valence-corrected chi connectivity index (χ1v) is 5.66. The van der Waals surface area contributed by atoms with E-state index in [2.05, 4.69) is 15.9 Å². The third kappa shape index (κ3) is 3.37. The summed E-state index contributed by atoms with van der Waals surface area (Å²) in [5.74, 6) is 1.06. The van der Waals surface area contributed by atoms with Crippen LogP contribution in [0.4, 0.5) is 0 Å². The number of aliphatic hydroxyl groups is 2. The molecular weight excluding hydrogens is 276 g/mol. The van der Waals surface area contributed by atoms with Crippen LogP contribution in [-0.2, 0) is 6.61 Å². The molecule has 0 radical (unpaired) electrons. The zero-order valence-corrected chi connectivity index (χ0v) is 10.8. The molecule has 16 heavy (non-hydrogen) atoms. The molecule has 0 saturated carbocycles. The van der Waals surface area contributed by atoms with Crippen LogP contribution in [0.2, 0.25) is 0 Å². The Hall–Kier alpha value is -0.780. The van der Waals surface area contributed by atoms with Gasteiger partial charge in [0.2, 0.25) is 0 Å². The molecular formula is C11H15BrO4. The molecule has 1 unspecified atom stereocenters. The van der Waals surface area contributed by atoms with Crippen LogP contribution in [0, 0.1) is 0 Å². The Balaban J connectivity index is 2.97. The molecule has 2 N–H and O–H groups in total. The van der Waals surface area contributed by atoms with Crippen molar-refractivity contribution in [3.05, 3.63) is 22.2 Å². The molecule has 0 aliphatic heterocycles. The second-order valence-electron chi connectivity index (χ2n) is 3.43. The molecule has 0 amide bonds. The lowest BCUT2D eigenvalue weighted by Gasteiger charge is -2.14. The van der Waals surface area contributed by atoms with E-state index in [1.54, 1.807) is 19.1 Å². The highest BCUT2D eigenvalue weighted by molar-refractivity contribution is 9.10. The number of hydrogen-bond acceptors (Lipinski definition) is 4. The summed E-state index contributed by atoms with van der Waals surface area (Å²) in [5, 5.41) is 18.2. The van der Waals surface area contributed by atoms with Crippen molar-refractivity contribution in [3.63, 3.8) is 0 Å². The van der Waals surface area contributed by atoms with Crippen LogP contribution < -0.4 is 9.47 Å². The van der Waals surface area contributed by atoms with Crippen molar-refractivity contribution in [1.29, 1.82) is 0 Å². The summed E-state index contributed by atoms with van der Waals surface area (Å²) in [4.78, 5) is 0. The lowest BCUT2D eigenvalue weighted by molar-refractivity contribution is 0.120. The zero-order chi connectivity index (χ0) is 12.1. The zero-order valence-electron chi connectivity index (χ0n) is 9.24. The smallest absolute Gasteiger partial charge is 0.175 e. The molecule has 0 fully saturated rings. The topological polar surface area (TPSA) is 58.9 Å². The first-order valence-electron chi connectivity index (χ1n) is 4.86. The maximum Gasteiger partial charge on any atom is 0.175 e. The minimum Gasteiger partial charge on any atom is -0.493 e. The maximum absolute atomic E-state index is 9.15. The Labute approximate surface area is 103 Å². The second kappa shape index (κ2) is 6.08. The highest BCUT2D eigenvalue weighted by atomic mass is 79.9. The lowest BCUT2D eigenvalue weighted by Crippen LogP contribution is -2.13. The maximum atomic E-state index is 9.15. The molecule has 0 heterocycles.